The molecule has 0 radical (unpaired) electrons. The fraction of sp³-hybridized carbons (Fsp3) is 0.438. The lowest BCUT2D eigenvalue weighted by Crippen LogP contribution is -2.42. The molecule has 1 aliphatic carbocycles. The molecule has 1 unspecified atom stereocenters. The third kappa shape index (κ3) is 2.23. The first-order valence-corrected chi connectivity index (χ1v) is 7.73. The number of hydrogen-bond donors (Lipinski definition) is 1. The minimum absolute atomic E-state index is 0.330. The van der Waals surface area contributed by atoms with Crippen LogP contribution in [0.25, 0.3) is 0 Å². The Hall–Kier alpha value is -1.39. The molecule has 4 heteroatoms. The van der Waals surface area contributed by atoms with E-state index in [9.17, 15) is 0 Å². The average molecular weight is 288 g/mol. The maximum absolute atomic E-state index is 6.68. The summed E-state index contributed by atoms with van der Waals surface area (Å²) in [5, 5.41) is 1.07. The predicted octanol–water partition coefficient (Wildman–Crippen LogP) is 3.11. The number of aromatic nitrogens is 1. The van der Waals surface area contributed by atoms with Crippen molar-refractivity contribution in [2.45, 2.75) is 38.6 Å². The molecule has 2 aromatic rings. The van der Waals surface area contributed by atoms with Crippen molar-refractivity contribution in [3.8, 4) is 5.75 Å². The summed E-state index contributed by atoms with van der Waals surface area (Å²) >= 11 is 1.74. The summed E-state index contributed by atoms with van der Waals surface area (Å²) in [7, 11) is 1.70. The molecule has 1 aromatic heterocycles. The highest BCUT2D eigenvalue weighted by molar-refractivity contribution is 7.11. The number of nitrogens with two attached hydrogens (primary N) is 1. The van der Waals surface area contributed by atoms with E-state index in [1.54, 1.807) is 18.4 Å². The van der Waals surface area contributed by atoms with Crippen LogP contribution in [0.1, 0.15) is 33.1 Å². The molecule has 1 aromatic carbocycles. The maximum atomic E-state index is 6.68. The van der Waals surface area contributed by atoms with Crippen LogP contribution in [-0.2, 0) is 18.4 Å². The van der Waals surface area contributed by atoms with Crippen LogP contribution < -0.4 is 10.5 Å². The predicted molar refractivity (Wildman–Crippen MR) is 82.5 cm³/mol. The Labute approximate surface area is 123 Å². The van der Waals surface area contributed by atoms with Gasteiger partial charge in [-0.1, -0.05) is 6.07 Å². The zero-order valence-electron chi connectivity index (χ0n) is 12.2. The largest absolute Gasteiger partial charge is 0.497 e. The van der Waals surface area contributed by atoms with Crippen LogP contribution in [0, 0.1) is 13.8 Å². The van der Waals surface area contributed by atoms with E-state index in [0.717, 1.165) is 35.7 Å². The van der Waals surface area contributed by atoms with Gasteiger partial charge in [0, 0.05) is 4.88 Å². The molecule has 1 atom stereocenters. The van der Waals surface area contributed by atoms with Crippen LogP contribution in [0.15, 0.2) is 18.2 Å². The van der Waals surface area contributed by atoms with E-state index >= 15 is 0 Å². The zero-order valence-corrected chi connectivity index (χ0v) is 13.0. The average Bonchev–Trinajstić information content (AvgIpc) is 2.78. The van der Waals surface area contributed by atoms with E-state index in [0.29, 0.717) is 0 Å². The molecule has 1 heterocycles. The lowest BCUT2D eigenvalue weighted by Gasteiger charge is -2.33. The van der Waals surface area contributed by atoms with Gasteiger partial charge in [-0.15, -0.1) is 11.3 Å². The fourth-order valence-corrected chi connectivity index (χ4v) is 3.84. The van der Waals surface area contributed by atoms with Gasteiger partial charge in [0.2, 0.25) is 0 Å². The number of nitrogens with zero attached hydrogens (tertiary/aromatic N) is 1. The summed E-state index contributed by atoms with van der Waals surface area (Å²) < 4.78 is 5.32. The Bertz CT molecular complexity index is 630. The normalized spacial score (nSPS) is 21.6. The van der Waals surface area contributed by atoms with Gasteiger partial charge in [-0.25, -0.2) is 4.98 Å². The molecule has 2 N–H and O–H groups in total. The molecule has 3 nitrogen and oxygen atoms in total. The SMILES string of the molecule is COc1ccc2c(c1)CC(N)(c1nc(C)c(C)s1)CC2. The maximum Gasteiger partial charge on any atom is 0.119 e. The van der Waals surface area contributed by atoms with Gasteiger partial charge in [0.05, 0.1) is 18.3 Å². The number of rotatable bonds is 2. The van der Waals surface area contributed by atoms with Crippen molar-refractivity contribution in [3.05, 3.63) is 44.9 Å². The molecule has 3 rings (SSSR count). The van der Waals surface area contributed by atoms with Crippen LogP contribution >= 0.6 is 11.3 Å². The zero-order chi connectivity index (χ0) is 14.3. The minimum Gasteiger partial charge on any atom is -0.497 e. The van der Waals surface area contributed by atoms with Crippen LogP contribution in [-0.4, -0.2) is 12.1 Å². The first-order valence-electron chi connectivity index (χ1n) is 6.91. The van der Waals surface area contributed by atoms with Crippen LogP contribution in [0.4, 0.5) is 0 Å². The number of methoxy groups -OCH3 is 1. The molecule has 0 saturated heterocycles. The van der Waals surface area contributed by atoms with Gasteiger partial charge >= 0.3 is 0 Å². The Kier molecular flexibility index (Phi) is 3.30. The molecular weight excluding hydrogens is 268 g/mol. The molecular formula is C16H20N2OS. The van der Waals surface area contributed by atoms with Crippen molar-refractivity contribution < 1.29 is 4.74 Å². The van der Waals surface area contributed by atoms with E-state index in [1.165, 1.54) is 16.0 Å². The number of ether oxygens (including phenoxy) is 1. The summed E-state index contributed by atoms with van der Waals surface area (Å²) in [5.74, 6) is 0.902. The lowest BCUT2D eigenvalue weighted by atomic mass is 9.79. The Morgan fingerprint density at radius 1 is 1.30 bits per heavy atom. The quantitative estimate of drug-likeness (QED) is 0.923. The molecule has 1 aliphatic rings. The first kappa shape index (κ1) is 13.6. The topological polar surface area (TPSA) is 48.1 Å². The molecule has 20 heavy (non-hydrogen) atoms. The van der Waals surface area contributed by atoms with Crippen LogP contribution in [0.2, 0.25) is 0 Å². The van der Waals surface area contributed by atoms with Crippen molar-refractivity contribution in [1.29, 1.82) is 0 Å². The number of thiazole rings is 1. The molecule has 106 valence electrons. The summed E-state index contributed by atoms with van der Waals surface area (Å²) in [5.41, 5.74) is 10.1. The Morgan fingerprint density at radius 2 is 2.10 bits per heavy atom. The standard InChI is InChI=1S/C16H20N2OS/c1-10-11(2)20-15(18-10)16(17)7-6-12-4-5-14(19-3)8-13(12)9-16/h4-5,8H,6-7,9,17H2,1-3H3. The van der Waals surface area contributed by atoms with Crippen molar-refractivity contribution in [3.63, 3.8) is 0 Å². The molecule has 0 bridgehead atoms. The third-order valence-corrected chi connectivity index (χ3v) is 5.51. The first-order chi connectivity index (χ1) is 9.51. The summed E-state index contributed by atoms with van der Waals surface area (Å²) in [6, 6.07) is 6.30. The molecule has 0 aliphatic heterocycles. The Balaban J connectivity index is 1.97. The van der Waals surface area contributed by atoms with E-state index in [1.807, 2.05) is 6.07 Å². The summed E-state index contributed by atoms with van der Waals surface area (Å²) in [4.78, 5) is 5.95. The summed E-state index contributed by atoms with van der Waals surface area (Å²) in [6.45, 7) is 4.16. The molecule has 0 amide bonds. The van der Waals surface area contributed by atoms with Gasteiger partial charge in [0.1, 0.15) is 10.8 Å². The van der Waals surface area contributed by atoms with Crippen molar-refractivity contribution in [1.82, 2.24) is 4.98 Å². The number of fused-ring (bicyclic) bond motifs is 1. The second-order valence-electron chi connectivity index (χ2n) is 5.63. The smallest absolute Gasteiger partial charge is 0.119 e. The van der Waals surface area contributed by atoms with E-state index in [-0.39, 0.29) is 5.54 Å². The van der Waals surface area contributed by atoms with E-state index in [2.05, 4.69) is 31.0 Å². The monoisotopic (exact) mass is 288 g/mol. The van der Waals surface area contributed by atoms with Crippen LogP contribution in [0.3, 0.4) is 0 Å². The van der Waals surface area contributed by atoms with Gasteiger partial charge in [0.25, 0.3) is 0 Å². The third-order valence-electron chi connectivity index (χ3n) is 4.21. The van der Waals surface area contributed by atoms with Crippen LogP contribution in [0.5, 0.6) is 5.75 Å². The van der Waals surface area contributed by atoms with Gasteiger partial charge in [-0.2, -0.15) is 0 Å². The van der Waals surface area contributed by atoms with E-state index in [4.69, 9.17) is 10.5 Å². The number of benzene rings is 1. The minimum atomic E-state index is -0.330. The summed E-state index contributed by atoms with van der Waals surface area (Å²) in [6.07, 6.45) is 2.80. The highest BCUT2D eigenvalue weighted by Gasteiger charge is 2.35. The van der Waals surface area contributed by atoms with Crippen molar-refractivity contribution in [2.75, 3.05) is 7.11 Å². The highest BCUT2D eigenvalue weighted by atomic mass is 32.1. The second kappa shape index (κ2) is 4.86. The van der Waals surface area contributed by atoms with Gasteiger partial charge < -0.3 is 10.5 Å². The van der Waals surface area contributed by atoms with Gasteiger partial charge in [-0.3, -0.25) is 0 Å². The second-order valence-corrected chi connectivity index (χ2v) is 6.83. The van der Waals surface area contributed by atoms with Gasteiger partial charge in [-0.05, 0) is 56.4 Å². The lowest BCUT2D eigenvalue weighted by molar-refractivity contribution is 0.378. The van der Waals surface area contributed by atoms with E-state index < -0.39 is 0 Å². The Morgan fingerprint density at radius 3 is 2.75 bits per heavy atom. The fourth-order valence-electron chi connectivity index (χ4n) is 2.79. The highest BCUT2D eigenvalue weighted by Crippen LogP contribution is 2.38. The molecule has 0 spiro atoms. The van der Waals surface area contributed by atoms with Crippen molar-refractivity contribution >= 4 is 11.3 Å². The number of hydrogen-bond acceptors (Lipinski definition) is 4. The molecule has 0 saturated carbocycles. The molecule has 0 fully saturated rings. The van der Waals surface area contributed by atoms with Crippen molar-refractivity contribution in [2.24, 2.45) is 5.73 Å². The number of aryl methyl sites for hydroxylation is 3. The van der Waals surface area contributed by atoms with Gasteiger partial charge in [0.15, 0.2) is 0 Å².